The summed E-state index contributed by atoms with van der Waals surface area (Å²) in [4.78, 5) is 15.2. The highest BCUT2D eigenvalue weighted by molar-refractivity contribution is 5.81. The maximum absolute atomic E-state index is 12.4. The minimum Gasteiger partial charge on any atom is -0.497 e. The molecule has 24 heavy (non-hydrogen) atoms. The fourth-order valence-corrected chi connectivity index (χ4v) is 5.87. The summed E-state index contributed by atoms with van der Waals surface area (Å²) in [5.41, 5.74) is 2.98. The standard InChI is InChI=1S/C21H27NO2/c1-24-17-6-4-15-10-20-18-7-5-16(23)12-21(18,19(15)11-17)8-9-22(20)13-14-2-3-14/h4,6,11,14,18,20H,2-3,5,7-10,12-13H2,1H3/t18-,20-,21+/m0/s1. The van der Waals surface area contributed by atoms with Gasteiger partial charge in [-0.25, -0.2) is 0 Å². The molecule has 4 aliphatic rings. The highest BCUT2D eigenvalue weighted by atomic mass is 16.5. The number of ketones is 1. The van der Waals surface area contributed by atoms with Crippen LogP contribution in [0.5, 0.6) is 5.75 Å². The molecule has 1 heterocycles. The van der Waals surface area contributed by atoms with Crippen molar-refractivity contribution in [2.75, 3.05) is 20.2 Å². The summed E-state index contributed by atoms with van der Waals surface area (Å²) in [5, 5.41) is 0. The van der Waals surface area contributed by atoms with E-state index in [0.717, 1.165) is 43.8 Å². The van der Waals surface area contributed by atoms with Crippen molar-refractivity contribution < 1.29 is 9.53 Å². The van der Waals surface area contributed by atoms with E-state index in [4.69, 9.17) is 4.74 Å². The molecule has 1 aliphatic heterocycles. The van der Waals surface area contributed by atoms with Crippen LogP contribution < -0.4 is 4.74 Å². The van der Waals surface area contributed by atoms with E-state index >= 15 is 0 Å². The minimum absolute atomic E-state index is 0.0855. The van der Waals surface area contributed by atoms with Crippen LogP contribution >= 0.6 is 0 Å². The van der Waals surface area contributed by atoms with Crippen molar-refractivity contribution in [3.63, 3.8) is 0 Å². The maximum Gasteiger partial charge on any atom is 0.133 e. The summed E-state index contributed by atoms with van der Waals surface area (Å²) < 4.78 is 5.51. The lowest BCUT2D eigenvalue weighted by Gasteiger charge is -2.58. The first-order valence-electron chi connectivity index (χ1n) is 9.63. The predicted molar refractivity (Wildman–Crippen MR) is 93.4 cm³/mol. The van der Waals surface area contributed by atoms with E-state index in [1.165, 1.54) is 37.1 Å². The Morgan fingerprint density at radius 2 is 2.17 bits per heavy atom. The summed E-state index contributed by atoms with van der Waals surface area (Å²) in [7, 11) is 1.74. The van der Waals surface area contributed by atoms with Crippen LogP contribution in [0, 0.1) is 11.8 Å². The molecule has 0 aromatic heterocycles. The number of carbonyl (C=O) groups is 1. The Morgan fingerprint density at radius 1 is 1.29 bits per heavy atom. The molecule has 0 amide bonds. The summed E-state index contributed by atoms with van der Waals surface area (Å²) >= 11 is 0. The fraction of sp³-hybridized carbons (Fsp3) is 0.667. The molecule has 3 atom stereocenters. The van der Waals surface area contributed by atoms with Crippen molar-refractivity contribution in [2.45, 2.75) is 56.4 Å². The lowest BCUT2D eigenvalue weighted by atomic mass is 9.52. The Labute approximate surface area is 144 Å². The molecule has 2 saturated carbocycles. The predicted octanol–water partition coefficient (Wildman–Crippen LogP) is 3.34. The van der Waals surface area contributed by atoms with Crippen molar-refractivity contribution in [3.05, 3.63) is 29.3 Å². The van der Waals surface area contributed by atoms with Crippen molar-refractivity contribution in [2.24, 2.45) is 11.8 Å². The Hall–Kier alpha value is -1.35. The van der Waals surface area contributed by atoms with E-state index < -0.39 is 0 Å². The molecule has 3 aliphatic carbocycles. The van der Waals surface area contributed by atoms with Crippen LogP contribution in [0.25, 0.3) is 0 Å². The van der Waals surface area contributed by atoms with Crippen molar-refractivity contribution in [1.29, 1.82) is 0 Å². The average molecular weight is 325 g/mol. The van der Waals surface area contributed by atoms with Gasteiger partial charge in [0.05, 0.1) is 7.11 Å². The molecule has 1 saturated heterocycles. The molecule has 0 radical (unpaired) electrons. The second kappa shape index (κ2) is 5.32. The largest absolute Gasteiger partial charge is 0.497 e. The van der Waals surface area contributed by atoms with Crippen LogP contribution in [-0.4, -0.2) is 36.9 Å². The highest BCUT2D eigenvalue weighted by Crippen LogP contribution is 2.55. The fourth-order valence-electron chi connectivity index (χ4n) is 5.87. The van der Waals surface area contributed by atoms with Gasteiger partial charge in [-0.2, -0.15) is 0 Å². The maximum atomic E-state index is 12.4. The van der Waals surface area contributed by atoms with E-state index in [9.17, 15) is 4.79 Å². The van der Waals surface area contributed by atoms with Crippen molar-refractivity contribution in [3.8, 4) is 5.75 Å². The Kier molecular flexibility index (Phi) is 3.31. The van der Waals surface area contributed by atoms with Gasteiger partial charge in [-0.3, -0.25) is 9.69 Å². The van der Waals surface area contributed by atoms with E-state index in [0.29, 0.717) is 17.7 Å². The van der Waals surface area contributed by atoms with Crippen molar-refractivity contribution in [1.82, 2.24) is 4.90 Å². The van der Waals surface area contributed by atoms with E-state index in [1.54, 1.807) is 7.11 Å². The molecule has 3 heteroatoms. The molecule has 3 nitrogen and oxygen atoms in total. The molecule has 5 rings (SSSR count). The molecular formula is C21H27NO2. The van der Waals surface area contributed by atoms with Gasteiger partial charge in [-0.15, -0.1) is 0 Å². The zero-order valence-corrected chi connectivity index (χ0v) is 14.6. The van der Waals surface area contributed by atoms with Gasteiger partial charge in [0.1, 0.15) is 11.5 Å². The lowest BCUT2D eigenvalue weighted by molar-refractivity contribution is -0.127. The highest BCUT2D eigenvalue weighted by Gasteiger charge is 2.55. The van der Waals surface area contributed by atoms with Crippen LogP contribution in [0.15, 0.2) is 18.2 Å². The summed E-state index contributed by atoms with van der Waals surface area (Å²) in [6.45, 7) is 2.46. The summed E-state index contributed by atoms with van der Waals surface area (Å²) in [6, 6.07) is 7.25. The number of ether oxygens (including phenoxy) is 1. The number of benzene rings is 1. The number of likely N-dealkylation sites (tertiary alicyclic amines) is 1. The Bertz CT molecular complexity index is 680. The first-order valence-corrected chi connectivity index (χ1v) is 9.63. The Balaban J connectivity index is 1.59. The number of rotatable bonds is 3. The van der Waals surface area contributed by atoms with E-state index in [-0.39, 0.29) is 5.41 Å². The number of nitrogens with zero attached hydrogens (tertiary/aromatic N) is 1. The van der Waals surface area contributed by atoms with Gasteiger partial charge in [0, 0.05) is 30.8 Å². The van der Waals surface area contributed by atoms with Gasteiger partial charge in [0.15, 0.2) is 0 Å². The third-order valence-electron chi connectivity index (χ3n) is 7.21. The average Bonchev–Trinajstić information content (AvgIpc) is 3.41. The smallest absolute Gasteiger partial charge is 0.133 e. The van der Waals surface area contributed by atoms with Crippen LogP contribution in [0.3, 0.4) is 0 Å². The first kappa shape index (κ1) is 14.9. The molecular weight excluding hydrogens is 298 g/mol. The third kappa shape index (κ3) is 2.17. The topological polar surface area (TPSA) is 29.5 Å². The van der Waals surface area contributed by atoms with Crippen LogP contribution in [0.4, 0.5) is 0 Å². The molecule has 0 unspecified atom stereocenters. The summed E-state index contributed by atoms with van der Waals surface area (Å²) in [6.07, 6.45) is 7.78. The van der Waals surface area contributed by atoms with Gasteiger partial charge in [-0.1, -0.05) is 6.07 Å². The van der Waals surface area contributed by atoms with Gasteiger partial charge in [0.2, 0.25) is 0 Å². The van der Waals surface area contributed by atoms with Crippen molar-refractivity contribution >= 4 is 5.78 Å². The van der Waals surface area contributed by atoms with Gasteiger partial charge in [-0.05, 0) is 73.7 Å². The SMILES string of the molecule is COc1ccc2c(c1)[C@@]13CCN(CC4CC4)[C@@H](C2)[C@@H]1CCC(=O)C3. The minimum atomic E-state index is 0.0855. The van der Waals surface area contributed by atoms with Crippen LogP contribution in [0.2, 0.25) is 0 Å². The lowest BCUT2D eigenvalue weighted by Crippen LogP contribution is -2.62. The number of piperidine rings is 1. The second-order valence-corrected chi connectivity index (χ2v) is 8.50. The number of fused-ring (bicyclic) bond motifs is 1. The molecule has 0 spiro atoms. The van der Waals surface area contributed by atoms with Gasteiger partial charge >= 0.3 is 0 Å². The molecule has 128 valence electrons. The summed E-state index contributed by atoms with van der Waals surface area (Å²) in [5.74, 6) is 3.01. The number of Topliss-reactive ketones (excluding diaryl/α,β-unsaturated/α-hetero) is 1. The first-order chi connectivity index (χ1) is 11.7. The van der Waals surface area contributed by atoms with Crippen LogP contribution in [-0.2, 0) is 16.6 Å². The monoisotopic (exact) mass is 325 g/mol. The molecule has 1 aromatic rings. The second-order valence-electron chi connectivity index (χ2n) is 8.50. The van der Waals surface area contributed by atoms with Gasteiger partial charge in [0.25, 0.3) is 0 Å². The quantitative estimate of drug-likeness (QED) is 0.853. The molecule has 3 fully saturated rings. The number of hydrogen-bond acceptors (Lipinski definition) is 3. The molecule has 2 bridgehead atoms. The van der Waals surface area contributed by atoms with Gasteiger partial charge < -0.3 is 4.74 Å². The normalized spacial score (nSPS) is 35.3. The van der Waals surface area contributed by atoms with E-state index in [1.807, 2.05) is 0 Å². The van der Waals surface area contributed by atoms with Crippen LogP contribution in [0.1, 0.15) is 49.7 Å². The number of methoxy groups -OCH3 is 1. The number of hydrogen-bond donors (Lipinski definition) is 0. The number of carbonyl (C=O) groups excluding carboxylic acids is 1. The zero-order valence-electron chi connectivity index (χ0n) is 14.6. The zero-order chi connectivity index (χ0) is 16.3. The van der Waals surface area contributed by atoms with E-state index in [2.05, 4.69) is 23.1 Å². The molecule has 0 N–H and O–H groups in total. The molecule has 1 aromatic carbocycles. The third-order valence-corrected chi connectivity index (χ3v) is 7.21. The Morgan fingerprint density at radius 3 is 2.96 bits per heavy atom.